The number of benzene rings is 1. The average molecular weight is 276 g/mol. The lowest BCUT2D eigenvalue weighted by Crippen LogP contribution is -2.52. The van der Waals surface area contributed by atoms with Gasteiger partial charge in [-0.15, -0.1) is 0 Å². The van der Waals surface area contributed by atoms with Gasteiger partial charge in [-0.3, -0.25) is 4.79 Å². The third-order valence-corrected chi connectivity index (χ3v) is 3.71. The highest BCUT2D eigenvalue weighted by molar-refractivity contribution is 5.76. The van der Waals surface area contributed by atoms with Crippen molar-refractivity contribution in [3.63, 3.8) is 0 Å². The molecule has 110 valence electrons. The Morgan fingerprint density at radius 3 is 3.00 bits per heavy atom. The van der Waals surface area contributed by atoms with E-state index < -0.39 is 0 Å². The van der Waals surface area contributed by atoms with Crippen LogP contribution >= 0.6 is 0 Å². The molecule has 0 bridgehead atoms. The van der Waals surface area contributed by atoms with Crippen LogP contribution < -0.4 is 10.1 Å². The van der Waals surface area contributed by atoms with Gasteiger partial charge >= 0.3 is 0 Å². The molecule has 0 aromatic heterocycles. The minimum Gasteiger partial charge on any atom is -0.493 e. The second-order valence-corrected chi connectivity index (χ2v) is 5.36. The van der Waals surface area contributed by atoms with Crippen molar-refractivity contribution >= 4 is 5.91 Å². The summed E-state index contributed by atoms with van der Waals surface area (Å²) < 4.78 is 5.72. The molecule has 0 saturated carbocycles. The Balaban J connectivity index is 1.70. The van der Waals surface area contributed by atoms with Gasteiger partial charge in [0.25, 0.3) is 0 Å². The second-order valence-electron chi connectivity index (χ2n) is 5.36. The highest BCUT2D eigenvalue weighted by Crippen LogP contribution is 2.16. The van der Waals surface area contributed by atoms with Crippen molar-refractivity contribution in [3.8, 4) is 5.75 Å². The van der Waals surface area contributed by atoms with Crippen molar-refractivity contribution in [1.29, 1.82) is 0 Å². The van der Waals surface area contributed by atoms with Crippen LogP contribution in [0.3, 0.4) is 0 Å². The van der Waals surface area contributed by atoms with E-state index in [2.05, 4.69) is 12.2 Å². The summed E-state index contributed by atoms with van der Waals surface area (Å²) in [7, 11) is 0. The van der Waals surface area contributed by atoms with Crippen molar-refractivity contribution in [2.45, 2.75) is 32.7 Å². The molecule has 1 heterocycles. The SMILES string of the molecule is Cc1ccccc1OCCCC(=O)N1CCNCC1C. The zero-order valence-electron chi connectivity index (χ0n) is 12.4. The normalized spacial score (nSPS) is 18.9. The first-order valence-electron chi connectivity index (χ1n) is 7.37. The van der Waals surface area contributed by atoms with Crippen LogP contribution in [0, 0.1) is 6.92 Å². The number of rotatable bonds is 5. The lowest BCUT2D eigenvalue weighted by atomic mass is 10.2. The number of ether oxygens (including phenoxy) is 1. The van der Waals surface area contributed by atoms with Crippen LogP contribution in [0.25, 0.3) is 0 Å². The number of para-hydroxylation sites is 1. The van der Waals surface area contributed by atoms with Gasteiger partial charge in [-0.1, -0.05) is 18.2 Å². The Kier molecular flexibility index (Phi) is 5.41. The van der Waals surface area contributed by atoms with Gasteiger partial charge in [-0.05, 0) is 31.9 Å². The molecule has 1 aliphatic heterocycles. The van der Waals surface area contributed by atoms with Crippen molar-refractivity contribution in [3.05, 3.63) is 29.8 Å². The number of hydrogen-bond acceptors (Lipinski definition) is 3. The third kappa shape index (κ3) is 3.97. The molecule has 0 radical (unpaired) electrons. The zero-order valence-corrected chi connectivity index (χ0v) is 12.4. The Labute approximate surface area is 121 Å². The number of nitrogens with zero attached hydrogens (tertiary/aromatic N) is 1. The monoisotopic (exact) mass is 276 g/mol. The lowest BCUT2D eigenvalue weighted by molar-refractivity contribution is -0.134. The maximum atomic E-state index is 12.1. The van der Waals surface area contributed by atoms with Crippen LogP contribution in [0.4, 0.5) is 0 Å². The molecule has 0 aliphatic carbocycles. The van der Waals surface area contributed by atoms with E-state index in [-0.39, 0.29) is 5.91 Å². The molecule has 1 fully saturated rings. The van der Waals surface area contributed by atoms with Crippen LogP contribution in [-0.2, 0) is 4.79 Å². The maximum absolute atomic E-state index is 12.1. The lowest BCUT2D eigenvalue weighted by Gasteiger charge is -2.34. The summed E-state index contributed by atoms with van der Waals surface area (Å²) in [4.78, 5) is 14.1. The molecule has 1 atom stereocenters. The number of nitrogens with one attached hydrogen (secondary N) is 1. The summed E-state index contributed by atoms with van der Waals surface area (Å²) in [5, 5.41) is 3.30. The van der Waals surface area contributed by atoms with Crippen molar-refractivity contribution in [2.24, 2.45) is 0 Å². The van der Waals surface area contributed by atoms with Gasteiger partial charge in [0, 0.05) is 32.1 Å². The fraction of sp³-hybridized carbons (Fsp3) is 0.562. The minimum absolute atomic E-state index is 0.243. The summed E-state index contributed by atoms with van der Waals surface area (Å²) in [5.74, 6) is 1.16. The molecule has 1 saturated heterocycles. The van der Waals surface area contributed by atoms with Gasteiger partial charge in [0.2, 0.25) is 5.91 Å². The van der Waals surface area contributed by atoms with E-state index in [1.54, 1.807) is 0 Å². The Bertz CT molecular complexity index is 448. The van der Waals surface area contributed by atoms with E-state index in [0.29, 0.717) is 19.1 Å². The molecule has 1 aromatic carbocycles. The molecule has 4 nitrogen and oxygen atoms in total. The Hall–Kier alpha value is -1.55. The summed E-state index contributed by atoms with van der Waals surface area (Å²) in [6, 6.07) is 8.26. The Morgan fingerprint density at radius 1 is 1.45 bits per heavy atom. The predicted molar refractivity (Wildman–Crippen MR) is 80.0 cm³/mol. The van der Waals surface area contributed by atoms with Gasteiger partial charge in [-0.25, -0.2) is 0 Å². The molecule has 1 aromatic rings. The van der Waals surface area contributed by atoms with Crippen LogP contribution in [-0.4, -0.2) is 43.1 Å². The van der Waals surface area contributed by atoms with E-state index in [0.717, 1.165) is 37.4 Å². The molecule has 20 heavy (non-hydrogen) atoms. The summed E-state index contributed by atoms with van der Waals surface area (Å²) in [6.45, 7) is 7.33. The van der Waals surface area contributed by atoms with E-state index in [4.69, 9.17) is 4.74 Å². The van der Waals surface area contributed by atoms with E-state index in [9.17, 15) is 4.79 Å². The van der Waals surface area contributed by atoms with Gasteiger partial charge in [-0.2, -0.15) is 0 Å². The smallest absolute Gasteiger partial charge is 0.223 e. The van der Waals surface area contributed by atoms with Crippen LogP contribution in [0.2, 0.25) is 0 Å². The van der Waals surface area contributed by atoms with Gasteiger partial charge in [0.15, 0.2) is 0 Å². The van der Waals surface area contributed by atoms with Gasteiger partial charge in [0.1, 0.15) is 5.75 Å². The Morgan fingerprint density at radius 2 is 2.25 bits per heavy atom. The summed E-state index contributed by atoms with van der Waals surface area (Å²) >= 11 is 0. The third-order valence-electron chi connectivity index (χ3n) is 3.71. The number of hydrogen-bond donors (Lipinski definition) is 1. The highest BCUT2D eigenvalue weighted by atomic mass is 16.5. The molecular formula is C16H24N2O2. The standard InChI is InChI=1S/C16H24N2O2/c1-13-6-3-4-7-15(13)20-11-5-8-16(19)18-10-9-17-12-14(18)2/h3-4,6-7,14,17H,5,8-12H2,1-2H3. The number of carbonyl (C=O) groups is 1. The number of amides is 1. The molecule has 1 aliphatic rings. The fourth-order valence-corrected chi connectivity index (χ4v) is 2.48. The summed E-state index contributed by atoms with van der Waals surface area (Å²) in [6.07, 6.45) is 1.33. The van der Waals surface area contributed by atoms with Crippen LogP contribution in [0.15, 0.2) is 24.3 Å². The highest BCUT2D eigenvalue weighted by Gasteiger charge is 2.22. The van der Waals surface area contributed by atoms with Gasteiger partial charge in [0.05, 0.1) is 6.61 Å². The topological polar surface area (TPSA) is 41.6 Å². The van der Waals surface area contributed by atoms with Crippen LogP contribution in [0.1, 0.15) is 25.3 Å². The molecular weight excluding hydrogens is 252 g/mol. The number of carbonyl (C=O) groups excluding carboxylic acids is 1. The molecule has 4 heteroatoms. The van der Waals surface area contributed by atoms with E-state index in [1.165, 1.54) is 0 Å². The van der Waals surface area contributed by atoms with E-state index in [1.807, 2.05) is 36.1 Å². The minimum atomic E-state index is 0.243. The quantitative estimate of drug-likeness (QED) is 0.836. The maximum Gasteiger partial charge on any atom is 0.223 e. The molecule has 0 spiro atoms. The first-order valence-corrected chi connectivity index (χ1v) is 7.37. The van der Waals surface area contributed by atoms with Crippen LogP contribution in [0.5, 0.6) is 5.75 Å². The van der Waals surface area contributed by atoms with E-state index >= 15 is 0 Å². The molecule has 1 unspecified atom stereocenters. The van der Waals surface area contributed by atoms with Crippen molar-refractivity contribution < 1.29 is 9.53 Å². The fourth-order valence-electron chi connectivity index (χ4n) is 2.48. The van der Waals surface area contributed by atoms with Crippen molar-refractivity contribution in [1.82, 2.24) is 10.2 Å². The average Bonchev–Trinajstić information content (AvgIpc) is 2.45. The van der Waals surface area contributed by atoms with Crippen molar-refractivity contribution in [2.75, 3.05) is 26.2 Å². The zero-order chi connectivity index (χ0) is 14.4. The predicted octanol–water partition coefficient (Wildman–Crippen LogP) is 1.97. The second kappa shape index (κ2) is 7.29. The molecule has 1 amide bonds. The largest absolute Gasteiger partial charge is 0.493 e. The number of aryl methyl sites for hydroxylation is 1. The first kappa shape index (κ1) is 14.9. The first-order chi connectivity index (χ1) is 9.68. The van der Waals surface area contributed by atoms with Gasteiger partial charge < -0.3 is 15.0 Å². The summed E-state index contributed by atoms with van der Waals surface area (Å²) in [5.41, 5.74) is 1.13. The molecule has 2 rings (SSSR count). The molecule has 1 N–H and O–H groups in total. The number of piperazine rings is 1.